The fourth-order valence-corrected chi connectivity index (χ4v) is 2.37. The van der Waals surface area contributed by atoms with Gasteiger partial charge in [0.05, 0.1) is 12.6 Å². The van der Waals surface area contributed by atoms with E-state index >= 15 is 0 Å². The number of rotatable bonds is 7. The maximum absolute atomic E-state index is 12.2. The molecule has 1 amide bonds. The van der Waals surface area contributed by atoms with Crippen LogP contribution >= 0.6 is 0 Å². The lowest BCUT2D eigenvalue weighted by atomic mass is 10.1. The van der Waals surface area contributed by atoms with Crippen molar-refractivity contribution in [3.63, 3.8) is 0 Å². The summed E-state index contributed by atoms with van der Waals surface area (Å²) in [6.45, 7) is 8.32. The van der Waals surface area contributed by atoms with E-state index in [0.717, 1.165) is 34.7 Å². The summed E-state index contributed by atoms with van der Waals surface area (Å²) in [5.74, 6) is 0.741. The van der Waals surface area contributed by atoms with Crippen LogP contribution in [0.2, 0.25) is 0 Å². The van der Waals surface area contributed by atoms with E-state index in [2.05, 4.69) is 17.6 Å². The largest absolute Gasteiger partial charge is 0.491 e. The van der Waals surface area contributed by atoms with Crippen LogP contribution in [0.1, 0.15) is 31.4 Å². The smallest absolute Gasteiger partial charge is 0.243 e. The molecule has 0 heterocycles. The van der Waals surface area contributed by atoms with E-state index in [1.54, 1.807) is 0 Å². The first-order chi connectivity index (χ1) is 11.5. The van der Waals surface area contributed by atoms with Crippen molar-refractivity contribution in [2.45, 2.75) is 40.2 Å². The lowest BCUT2D eigenvalue weighted by Crippen LogP contribution is -2.22. The zero-order chi connectivity index (χ0) is 17.5. The van der Waals surface area contributed by atoms with Crippen molar-refractivity contribution in [3.05, 3.63) is 53.6 Å². The number of anilines is 2. The highest BCUT2D eigenvalue weighted by molar-refractivity contribution is 5.95. The van der Waals surface area contributed by atoms with Crippen LogP contribution in [0, 0.1) is 13.8 Å². The number of ether oxygens (including phenoxy) is 1. The number of para-hydroxylation sites is 1. The predicted molar refractivity (Wildman–Crippen MR) is 99.9 cm³/mol. The molecule has 2 aromatic rings. The number of nitrogens with one attached hydrogen (secondary N) is 2. The molecular weight excluding hydrogens is 300 g/mol. The SMILES string of the molecule is CCC(C)Oc1cccc(NCC(=O)Nc2c(C)cccc2C)c1. The Morgan fingerprint density at radius 3 is 2.46 bits per heavy atom. The van der Waals surface area contributed by atoms with E-state index in [4.69, 9.17) is 4.74 Å². The Morgan fingerprint density at radius 2 is 1.79 bits per heavy atom. The number of hydrogen-bond donors (Lipinski definition) is 2. The second-order valence-electron chi connectivity index (χ2n) is 6.03. The van der Waals surface area contributed by atoms with Crippen molar-refractivity contribution in [1.82, 2.24) is 0 Å². The second-order valence-corrected chi connectivity index (χ2v) is 6.03. The van der Waals surface area contributed by atoms with E-state index < -0.39 is 0 Å². The van der Waals surface area contributed by atoms with Crippen molar-refractivity contribution in [2.75, 3.05) is 17.2 Å². The first kappa shape index (κ1) is 17.9. The van der Waals surface area contributed by atoms with Crippen LogP contribution in [-0.2, 0) is 4.79 Å². The van der Waals surface area contributed by atoms with Gasteiger partial charge in [-0.1, -0.05) is 31.2 Å². The number of amides is 1. The van der Waals surface area contributed by atoms with Crippen LogP contribution in [0.5, 0.6) is 5.75 Å². The van der Waals surface area contributed by atoms with Gasteiger partial charge in [-0.15, -0.1) is 0 Å². The van der Waals surface area contributed by atoms with Gasteiger partial charge in [0, 0.05) is 17.4 Å². The summed E-state index contributed by atoms with van der Waals surface area (Å²) >= 11 is 0. The minimum absolute atomic E-state index is 0.0688. The number of benzene rings is 2. The van der Waals surface area contributed by atoms with Crippen molar-refractivity contribution in [3.8, 4) is 5.75 Å². The Labute approximate surface area is 144 Å². The minimum Gasteiger partial charge on any atom is -0.491 e. The summed E-state index contributed by atoms with van der Waals surface area (Å²) < 4.78 is 5.80. The summed E-state index contributed by atoms with van der Waals surface area (Å²) in [4.78, 5) is 12.2. The molecule has 24 heavy (non-hydrogen) atoms. The zero-order valence-electron chi connectivity index (χ0n) is 14.8. The van der Waals surface area contributed by atoms with Gasteiger partial charge >= 0.3 is 0 Å². The molecule has 0 saturated heterocycles. The fraction of sp³-hybridized carbons (Fsp3) is 0.350. The maximum atomic E-state index is 12.2. The molecule has 0 bridgehead atoms. The molecule has 128 valence electrons. The summed E-state index contributed by atoms with van der Waals surface area (Å²) in [6.07, 6.45) is 1.13. The van der Waals surface area contributed by atoms with Gasteiger partial charge in [0.25, 0.3) is 0 Å². The molecule has 0 aromatic heterocycles. The molecule has 1 unspecified atom stereocenters. The van der Waals surface area contributed by atoms with Crippen molar-refractivity contribution in [2.24, 2.45) is 0 Å². The normalized spacial score (nSPS) is 11.7. The topological polar surface area (TPSA) is 50.4 Å². The quantitative estimate of drug-likeness (QED) is 0.786. The molecule has 4 heteroatoms. The van der Waals surface area contributed by atoms with Crippen LogP contribution < -0.4 is 15.4 Å². The van der Waals surface area contributed by atoms with Gasteiger partial charge in [-0.3, -0.25) is 4.79 Å². The van der Waals surface area contributed by atoms with Gasteiger partial charge in [0.1, 0.15) is 5.75 Å². The molecule has 0 aliphatic rings. The first-order valence-electron chi connectivity index (χ1n) is 8.36. The van der Waals surface area contributed by atoms with Gasteiger partial charge in [0.15, 0.2) is 0 Å². The summed E-state index contributed by atoms with van der Waals surface area (Å²) in [7, 11) is 0. The lowest BCUT2D eigenvalue weighted by Gasteiger charge is -2.14. The summed E-state index contributed by atoms with van der Waals surface area (Å²) in [5.41, 5.74) is 3.88. The average Bonchev–Trinajstić information content (AvgIpc) is 2.56. The highest BCUT2D eigenvalue weighted by atomic mass is 16.5. The fourth-order valence-electron chi connectivity index (χ4n) is 2.37. The van der Waals surface area contributed by atoms with Crippen LogP contribution in [0.4, 0.5) is 11.4 Å². The predicted octanol–water partition coefficient (Wildman–Crippen LogP) is 4.53. The van der Waals surface area contributed by atoms with Gasteiger partial charge < -0.3 is 15.4 Å². The zero-order valence-corrected chi connectivity index (χ0v) is 14.8. The third-order valence-electron chi connectivity index (χ3n) is 3.94. The van der Waals surface area contributed by atoms with Gasteiger partial charge in [-0.05, 0) is 50.5 Å². The van der Waals surface area contributed by atoms with E-state index in [1.165, 1.54) is 0 Å². The van der Waals surface area contributed by atoms with Crippen molar-refractivity contribution >= 4 is 17.3 Å². The molecule has 0 saturated carbocycles. The molecule has 2 N–H and O–H groups in total. The molecule has 2 rings (SSSR count). The van der Waals surface area contributed by atoms with Gasteiger partial charge in [-0.25, -0.2) is 0 Å². The minimum atomic E-state index is -0.0688. The van der Waals surface area contributed by atoms with Crippen LogP contribution in [0.15, 0.2) is 42.5 Å². The van der Waals surface area contributed by atoms with Gasteiger partial charge in [-0.2, -0.15) is 0 Å². The van der Waals surface area contributed by atoms with E-state index in [-0.39, 0.29) is 18.6 Å². The number of carbonyl (C=O) groups is 1. The molecular formula is C20H26N2O2. The molecule has 4 nitrogen and oxygen atoms in total. The molecule has 2 aromatic carbocycles. The Balaban J connectivity index is 1.93. The number of hydrogen-bond acceptors (Lipinski definition) is 3. The standard InChI is InChI=1S/C20H26N2O2/c1-5-16(4)24-18-11-7-10-17(12-18)21-13-19(23)22-20-14(2)8-6-9-15(20)3/h6-12,16,21H,5,13H2,1-4H3,(H,22,23). The highest BCUT2D eigenvalue weighted by Gasteiger charge is 2.08. The molecule has 0 aliphatic carbocycles. The first-order valence-corrected chi connectivity index (χ1v) is 8.36. The van der Waals surface area contributed by atoms with E-state index in [0.29, 0.717) is 0 Å². The molecule has 0 fully saturated rings. The van der Waals surface area contributed by atoms with Crippen LogP contribution in [0.25, 0.3) is 0 Å². The summed E-state index contributed by atoms with van der Waals surface area (Å²) in [5, 5.41) is 6.12. The second kappa shape index (κ2) is 8.39. The summed E-state index contributed by atoms with van der Waals surface area (Å²) in [6, 6.07) is 13.7. The number of aryl methyl sites for hydroxylation is 2. The maximum Gasteiger partial charge on any atom is 0.243 e. The van der Waals surface area contributed by atoms with Crippen molar-refractivity contribution in [1.29, 1.82) is 0 Å². The van der Waals surface area contributed by atoms with Crippen LogP contribution in [0.3, 0.4) is 0 Å². The number of carbonyl (C=O) groups excluding carboxylic acids is 1. The third kappa shape index (κ3) is 5.01. The Morgan fingerprint density at radius 1 is 1.12 bits per heavy atom. The van der Waals surface area contributed by atoms with Crippen molar-refractivity contribution < 1.29 is 9.53 Å². The monoisotopic (exact) mass is 326 g/mol. The Kier molecular flexibility index (Phi) is 6.24. The Bertz CT molecular complexity index is 678. The molecule has 1 atom stereocenters. The van der Waals surface area contributed by atoms with E-state index in [9.17, 15) is 4.79 Å². The van der Waals surface area contributed by atoms with E-state index in [1.807, 2.05) is 63.2 Å². The third-order valence-corrected chi connectivity index (χ3v) is 3.94. The highest BCUT2D eigenvalue weighted by Crippen LogP contribution is 2.20. The van der Waals surface area contributed by atoms with Gasteiger partial charge in [0.2, 0.25) is 5.91 Å². The molecule has 0 aliphatic heterocycles. The molecule has 0 spiro atoms. The Hall–Kier alpha value is -2.49. The average molecular weight is 326 g/mol. The molecule has 0 radical (unpaired) electrons. The van der Waals surface area contributed by atoms with Crippen LogP contribution in [-0.4, -0.2) is 18.6 Å². The lowest BCUT2D eigenvalue weighted by molar-refractivity contribution is -0.114.